The van der Waals surface area contributed by atoms with Gasteiger partial charge in [-0.15, -0.1) is 0 Å². The Morgan fingerprint density at radius 1 is 1.44 bits per heavy atom. The topological polar surface area (TPSA) is 43.6 Å². The molecule has 82 valence electrons. The van der Waals surface area contributed by atoms with E-state index >= 15 is 0 Å². The molecular weight excluding hydrogens is 272 g/mol. The second-order valence-electron chi connectivity index (χ2n) is 3.72. The SMILES string of the molecule is O=c1c2c(nc3ccc(Br)cn13)CCCO2. The number of aryl methyl sites for hydroxylation is 1. The number of rotatable bonds is 0. The zero-order valence-electron chi connectivity index (χ0n) is 8.44. The Hall–Kier alpha value is -1.36. The molecule has 0 bridgehead atoms. The lowest BCUT2D eigenvalue weighted by Gasteiger charge is -2.16. The molecule has 0 radical (unpaired) electrons. The predicted molar refractivity (Wildman–Crippen MR) is 63.0 cm³/mol. The zero-order chi connectivity index (χ0) is 11.1. The van der Waals surface area contributed by atoms with Crippen LogP contribution in [0.5, 0.6) is 5.75 Å². The van der Waals surface area contributed by atoms with Crippen LogP contribution in [0.3, 0.4) is 0 Å². The number of fused-ring (bicyclic) bond motifs is 2. The molecule has 4 nitrogen and oxygen atoms in total. The van der Waals surface area contributed by atoms with Crippen LogP contribution in [0.4, 0.5) is 0 Å². The minimum atomic E-state index is -0.124. The first-order valence-corrected chi connectivity index (χ1v) is 5.88. The summed E-state index contributed by atoms with van der Waals surface area (Å²) in [5.74, 6) is 0.404. The molecule has 0 amide bonds. The van der Waals surface area contributed by atoms with Crippen LogP contribution in [0.1, 0.15) is 12.1 Å². The number of pyridine rings is 1. The van der Waals surface area contributed by atoms with Crippen molar-refractivity contribution >= 4 is 21.6 Å². The lowest BCUT2D eigenvalue weighted by molar-refractivity contribution is 0.280. The maximum atomic E-state index is 12.1. The van der Waals surface area contributed by atoms with Crippen LogP contribution < -0.4 is 10.3 Å². The summed E-state index contributed by atoms with van der Waals surface area (Å²) in [7, 11) is 0. The molecule has 1 aliphatic heterocycles. The van der Waals surface area contributed by atoms with Crippen molar-refractivity contribution in [3.63, 3.8) is 0 Å². The Morgan fingerprint density at radius 3 is 3.19 bits per heavy atom. The summed E-state index contributed by atoms with van der Waals surface area (Å²) in [6.45, 7) is 0.601. The van der Waals surface area contributed by atoms with Crippen molar-refractivity contribution in [2.45, 2.75) is 12.8 Å². The van der Waals surface area contributed by atoms with Gasteiger partial charge >= 0.3 is 5.56 Å². The smallest absolute Gasteiger partial charge is 0.300 e. The third-order valence-electron chi connectivity index (χ3n) is 2.62. The molecule has 0 saturated carbocycles. The standard InChI is InChI=1S/C11H9BrN2O2/c12-7-3-4-9-13-8-2-1-5-16-10(8)11(15)14(9)6-7/h3-4,6H,1-2,5H2. The van der Waals surface area contributed by atoms with Gasteiger partial charge in [0.15, 0.2) is 0 Å². The Bertz CT molecular complexity index is 621. The summed E-state index contributed by atoms with van der Waals surface area (Å²) in [6, 6.07) is 3.69. The third-order valence-corrected chi connectivity index (χ3v) is 3.09. The predicted octanol–water partition coefficient (Wildman–Crippen LogP) is 1.78. The molecule has 0 aliphatic carbocycles. The van der Waals surface area contributed by atoms with Gasteiger partial charge in [0.05, 0.1) is 12.3 Å². The molecule has 2 aromatic heterocycles. The molecule has 0 N–H and O–H groups in total. The number of hydrogen-bond donors (Lipinski definition) is 0. The summed E-state index contributed by atoms with van der Waals surface area (Å²) in [5, 5.41) is 0. The lowest BCUT2D eigenvalue weighted by Crippen LogP contribution is -2.24. The lowest BCUT2D eigenvalue weighted by atomic mass is 10.2. The van der Waals surface area contributed by atoms with E-state index in [1.165, 1.54) is 4.40 Å². The molecule has 0 saturated heterocycles. The molecule has 3 heterocycles. The first-order chi connectivity index (χ1) is 7.75. The highest BCUT2D eigenvalue weighted by molar-refractivity contribution is 9.10. The van der Waals surface area contributed by atoms with Gasteiger partial charge < -0.3 is 4.74 Å². The summed E-state index contributed by atoms with van der Waals surface area (Å²) < 4.78 is 7.75. The highest BCUT2D eigenvalue weighted by Gasteiger charge is 2.17. The van der Waals surface area contributed by atoms with Crippen LogP contribution in [0.2, 0.25) is 0 Å². The molecule has 5 heteroatoms. The maximum absolute atomic E-state index is 12.1. The number of ether oxygens (including phenoxy) is 1. The molecule has 0 fully saturated rings. The fourth-order valence-electron chi connectivity index (χ4n) is 1.87. The van der Waals surface area contributed by atoms with Gasteiger partial charge in [0.2, 0.25) is 5.75 Å². The van der Waals surface area contributed by atoms with Gasteiger partial charge in [0.1, 0.15) is 5.65 Å². The highest BCUT2D eigenvalue weighted by Crippen LogP contribution is 2.19. The fraction of sp³-hybridized carbons (Fsp3) is 0.273. The van der Waals surface area contributed by atoms with Crippen molar-refractivity contribution in [3.8, 4) is 5.75 Å². The van der Waals surface area contributed by atoms with E-state index in [1.807, 2.05) is 12.1 Å². The van der Waals surface area contributed by atoms with Crippen molar-refractivity contribution in [2.24, 2.45) is 0 Å². The first-order valence-electron chi connectivity index (χ1n) is 5.09. The van der Waals surface area contributed by atoms with Crippen molar-refractivity contribution in [1.29, 1.82) is 0 Å². The molecule has 0 atom stereocenters. The zero-order valence-corrected chi connectivity index (χ0v) is 10.0. The fourth-order valence-corrected chi connectivity index (χ4v) is 2.21. The highest BCUT2D eigenvalue weighted by atomic mass is 79.9. The molecule has 2 aromatic rings. The van der Waals surface area contributed by atoms with Crippen LogP contribution in [-0.4, -0.2) is 16.0 Å². The van der Waals surface area contributed by atoms with E-state index in [4.69, 9.17) is 4.74 Å². The second kappa shape index (κ2) is 3.59. The van der Waals surface area contributed by atoms with Gasteiger partial charge in [-0.25, -0.2) is 4.98 Å². The van der Waals surface area contributed by atoms with E-state index in [0.717, 1.165) is 23.0 Å². The third kappa shape index (κ3) is 1.43. The average Bonchev–Trinajstić information content (AvgIpc) is 2.31. The Labute approximate surface area is 100 Å². The molecular formula is C11H9BrN2O2. The van der Waals surface area contributed by atoms with Gasteiger partial charge in [0.25, 0.3) is 0 Å². The van der Waals surface area contributed by atoms with Crippen LogP contribution in [0, 0.1) is 0 Å². The quantitative estimate of drug-likeness (QED) is 0.739. The minimum absolute atomic E-state index is 0.124. The van der Waals surface area contributed by atoms with Gasteiger partial charge in [-0.3, -0.25) is 9.20 Å². The van der Waals surface area contributed by atoms with Crippen LogP contribution >= 0.6 is 15.9 Å². The number of halogens is 1. The monoisotopic (exact) mass is 280 g/mol. The van der Waals surface area contributed by atoms with E-state index in [9.17, 15) is 4.79 Å². The van der Waals surface area contributed by atoms with E-state index in [0.29, 0.717) is 18.0 Å². The number of nitrogens with zero attached hydrogens (tertiary/aromatic N) is 2. The van der Waals surface area contributed by atoms with Gasteiger partial charge in [-0.2, -0.15) is 0 Å². The summed E-state index contributed by atoms with van der Waals surface area (Å²) in [4.78, 5) is 16.5. The van der Waals surface area contributed by atoms with E-state index < -0.39 is 0 Å². The molecule has 3 rings (SSSR count). The number of aromatic nitrogens is 2. The van der Waals surface area contributed by atoms with E-state index in [2.05, 4.69) is 20.9 Å². The van der Waals surface area contributed by atoms with Crippen LogP contribution in [0.15, 0.2) is 27.6 Å². The Balaban J connectivity index is 2.40. The van der Waals surface area contributed by atoms with Crippen LogP contribution in [0.25, 0.3) is 5.65 Å². The van der Waals surface area contributed by atoms with Crippen LogP contribution in [-0.2, 0) is 6.42 Å². The molecule has 0 unspecified atom stereocenters. The summed E-state index contributed by atoms with van der Waals surface area (Å²) in [5.41, 5.74) is 1.32. The molecule has 0 spiro atoms. The molecule has 1 aliphatic rings. The number of hydrogen-bond acceptors (Lipinski definition) is 3. The van der Waals surface area contributed by atoms with Gasteiger partial charge in [-0.05, 0) is 40.9 Å². The van der Waals surface area contributed by atoms with Gasteiger partial charge in [-0.1, -0.05) is 0 Å². The first kappa shape index (κ1) is 9.84. The summed E-state index contributed by atoms with van der Waals surface area (Å²) in [6.07, 6.45) is 3.45. The van der Waals surface area contributed by atoms with Crippen molar-refractivity contribution < 1.29 is 4.74 Å². The Kier molecular flexibility index (Phi) is 2.21. The molecule has 0 aromatic carbocycles. The molecule has 16 heavy (non-hydrogen) atoms. The van der Waals surface area contributed by atoms with E-state index in [1.54, 1.807) is 6.20 Å². The normalized spacial score (nSPS) is 14.6. The van der Waals surface area contributed by atoms with Gasteiger partial charge in [0, 0.05) is 10.7 Å². The van der Waals surface area contributed by atoms with Crippen molar-refractivity contribution in [1.82, 2.24) is 9.38 Å². The van der Waals surface area contributed by atoms with Crippen molar-refractivity contribution in [3.05, 3.63) is 38.9 Å². The minimum Gasteiger partial charge on any atom is -0.486 e. The summed E-state index contributed by atoms with van der Waals surface area (Å²) >= 11 is 3.33. The Morgan fingerprint density at radius 2 is 2.31 bits per heavy atom. The second-order valence-corrected chi connectivity index (χ2v) is 4.64. The average molecular weight is 281 g/mol. The van der Waals surface area contributed by atoms with Crippen molar-refractivity contribution in [2.75, 3.05) is 6.61 Å². The largest absolute Gasteiger partial charge is 0.486 e. The van der Waals surface area contributed by atoms with E-state index in [-0.39, 0.29) is 5.56 Å². The maximum Gasteiger partial charge on any atom is 0.300 e.